The van der Waals surface area contributed by atoms with Crippen LogP contribution in [0, 0.1) is 6.92 Å². The predicted octanol–water partition coefficient (Wildman–Crippen LogP) is 2.14. The zero-order valence-corrected chi connectivity index (χ0v) is 11.1. The van der Waals surface area contributed by atoms with Gasteiger partial charge in [-0.15, -0.1) is 0 Å². The number of carbonyl (C=O) groups excluding carboxylic acids is 1. The van der Waals surface area contributed by atoms with Gasteiger partial charge < -0.3 is 5.32 Å². The highest BCUT2D eigenvalue weighted by Gasteiger charge is 2.10. The quantitative estimate of drug-likeness (QED) is 0.896. The molecule has 0 unspecified atom stereocenters. The van der Waals surface area contributed by atoms with Crippen LogP contribution in [-0.2, 0) is 14.6 Å². The molecule has 4 nitrogen and oxygen atoms in total. The van der Waals surface area contributed by atoms with Crippen LogP contribution in [0.5, 0.6) is 0 Å². The van der Waals surface area contributed by atoms with Gasteiger partial charge in [-0.2, -0.15) is 0 Å². The summed E-state index contributed by atoms with van der Waals surface area (Å²) in [5.74, 6) is -0.0961. The highest BCUT2D eigenvalue weighted by atomic mass is 32.2. The van der Waals surface area contributed by atoms with E-state index < -0.39 is 9.84 Å². The highest BCUT2D eigenvalue weighted by Crippen LogP contribution is 2.20. The number of amides is 1. The number of rotatable bonds is 4. The van der Waals surface area contributed by atoms with Crippen molar-refractivity contribution in [2.75, 3.05) is 11.6 Å². The van der Waals surface area contributed by atoms with Gasteiger partial charge in [0.15, 0.2) is 9.84 Å². The molecule has 0 heterocycles. The second-order valence-electron chi connectivity index (χ2n) is 4.05. The first-order chi connectivity index (χ1) is 7.84. The summed E-state index contributed by atoms with van der Waals surface area (Å²) >= 11 is 0. The van der Waals surface area contributed by atoms with Crippen molar-refractivity contribution in [3.05, 3.63) is 23.8 Å². The maximum Gasteiger partial charge on any atom is 0.224 e. The molecule has 0 saturated heterocycles. The van der Waals surface area contributed by atoms with Crippen LogP contribution in [0.3, 0.4) is 0 Å². The molecule has 1 aromatic rings. The fourth-order valence-corrected chi connectivity index (χ4v) is 2.05. The Hall–Kier alpha value is -1.36. The second kappa shape index (κ2) is 5.31. The summed E-state index contributed by atoms with van der Waals surface area (Å²) < 4.78 is 22.8. The summed E-state index contributed by atoms with van der Waals surface area (Å²) in [6.45, 7) is 3.74. The van der Waals surface area contributed by atoms with Crippen LogP contribution in [-0.4, -0.2) is 20.6 Å². The summed E-state index contributed by atoms with van der Waals surface area (Å²) in [6.07, 6.45) is 2.34. The Morgan fingerprint density at radius 3 is 2.53 bits per heavy atom. The maximum atomic E-state index is 11.5. The van der Waals surface area contributed by atoms with E-state index in [1.807, 2.05) is 13.8 Å². The van der Waals surface area contributed by atoms with E-state index in [4.69, 9.17) is 0 Å². The third kappa shape index (κ3) is 3.85. The van der Waals surface area contributed by atoms with E-state index >= 15 is 0 Å². The molecule has 0 aromatic heterocycles. The van der Waals surface area contributed by atoms with Crippen LogP contribution >= 0.6 is 0 Å². The molecule has 0 radical (unpaired) electrons. The second-order valence-corrected chi connectivity index (χ2v) is 6.06. The molecule has 17 heavy (non-hydrogen) atoms. The van der Waals surface area contributed by atoms with Gasteiger partial charge in [0.05, 0.1) is 4.90 Å². The number of benzene rings is 1. The van der Waals surface area contributed by atoms with E-state index in [9.17, 15) is 13.2 Å². The zero-order valence-electron chi connectivity index (χ0n) is 10.3. The van der Waals surface area contributed by atoms with Gasteiger partial charge in [-0.25, -0.2) is 8.42 Å². The predicted molar refractivity (Wildman–Crippen MR) is 67.8 cm³/mol. The summed E-state index contributed by atoms with van der Waals surface area (Å²) in [5, 5.41) is 2.72. The lowest BCUT2D eigenvalue weighted by Gasteiger charge is -2.09. The first-order valence-electron chi connectivity index (χ1n) is 5.45. The van der Waals surface area contributed by atoms with Crippen LogP contribution in [0.15, 0.2) is 23.1 Å². The molecule has 0 spiro atoms. The van der Waals surface area contributed by atoms with Crippen molar-refractivity contribution in [3.63, 3.8) is 0 Å². The van der Waals surface area contributed by atoms with Crippen molar-refractivity contribution in [1.82, 2.24) is 0 Å². The summed E-state index contributed by atoms with van der Waals surface area (Å²) in [7, 11) is -3.24. The van der Waals surface area contributed by atoms with Crippen LogP contribution < -0.4 is 5.32 Å². The number of anilines is 1. The SMILES string of the molecule is CCCC(=O)Nc1cc(S(C)(=O)=O)ccc1C. The van der Waals surface area contributed by atoms with Gasteiger partial charge in [0.2, 0.25) is 5.91 Å². The van der Waals surface area contributed by atoms with E-state index in [2.05, 4.69) is 5.32 Å². The zero-order chi connectivity index (χ0) is 13.1. The molecule has 0 saturated carbocycles. The topological polar surface area (TPSA) is 63.2 Å². The Morgan fingerprint density at radius 2 is 2.00 bits per heavy atom. The number of hydrogen-bond donors (Lipinski definition) is 1. The average molecular weight is 255 g/mol. The lowest BCUT2D eigenvalue weighted by atomic mass is 10.2. The fraction of sp³-hybridized carbons (Fsp3) is 0.417. The molecule has 0 aliphatic carbocycles. The lowest BCUT2D eigenvalue weighted by Crippen LogP contribution is -2.12. The van der Waals surface area contributed by atoms with Gasteiger partial charge in [-0.3, -0.25) is 4.79 Å². The largest absolute Gasteiger partial charge is 0.326 e. The first-order valence-corrected chi connectivity index (χ1v) is 7.34. The Labute approximate surface area is 102 Å². The average Bonchev–Trinajstić information content (AvgIpc) is 2.20. The summed E-state index contributed by atoms with van der Waals surface area (Å²) in [5.41, 5.74) is 1.41. The Kier molecular flexibility index (Phi) is 4.28. The van der Waals surface area contributed by atoms with Crippen LogP contribution in [0.1, 0.15) is 25.3 Å². The van der Waals surface area contributed by atoms with Crippen LogP contribution in [0.4, 0.5) is 5.69 Å². The Bertz CT molecular complexity index is 521. The van der Waals surface area contributed by atoms with Gasteiger partial charge >= 0.3 is 0 Å². The molecule has 0 fully saturated rings. The molecule has 1 rings (SSSR count). The third-order valence-electron chi connectivity index (χ3n) is 2.39. The standard InChI is InChI=1S/C12H17NO3S/c1-4-5-12(14)13-11-8-10(17(3,15)16)7-6-9(11)2/h6-8H,4-5H2,1-3H3,(H,13,14). The van der Waals surface area contributed by atoms with Crippen molar-refractivity contribution >= 4 is 21.4 Å². The molecule has 0 bridgehead atoms. The molecule has 5 heteroatoms. The van der Waals surface area contributed by atoms with Gasteiger partial charge in [0.25, 0.3) is 0 Å². The molecular formula is C12H17NO3S. The molecule has 0 aliphatic heterocycles. The van der Waals surface area contributed by atoms with Gasteiger partial charge in [-0.1, -0.05) is 13.0 Å². The summed E-state index contributed by atoms with van der Waals surface area (Å²) in [4.78, 5) is 11.7. The van der Waals surface area contributed by atoms with E-state index in [-0.39, 0.29) is 10.8 Å². The molecule has 1 amide bonds. The van der Waals surface area contributed by atoms with Crippen molar-refractivity contribution in [3.8, 4) is 0 Å². The minimum atomic E-state index is -3.24. The van der Waals surface area contributed by atoms with E-state index in [1.54, 1.807) is 12.1 Å². The van der Waals surface area contributed by atoms with E-state index in [0.717, 1.165) is 18.2 Å². The summed E-state index contributed by atoms with van der Waals surface area (Å²) in [6, 6.07) is 4.73. The van der Waals surface area contributed by atoms with Gasteiger partial charge in [0, 0.05) is 18.4 Å². The number of nitrogens with one attached hydrogen (secondary N) is 1. The smallest absolute Gasteiger partial charge is 0.224 e. The van der Waals surface area contributed by atoms with Crippen molar-refractivity contribution in [2.24, 2.45) is 0 Å². The molecule has 0 atom stereocenters. The van der Waals surface area contributed by atoms with Crippen molar-refractivity contribution in [2.45, 2.75) is 31.6 Å². The normalized spacial score (nSPS) is 11.2. The van der Waals surface area contributed by atoms with Gasteiger partial charge in [0.1, 0.15) is 0 Å². The number of carbonyl (C=O) groups is 1. The third-order valence-corrected chi connectivity index (χ3v) is 3.50. The molecule has 94 valence electrons. The van der Waals surface area contributed by atoms with Crippen LogP contribution in [0.25, 0.3) is 0 Å². The minimum Gasteiger partial charge on any atom is -0.326 e. The first kappa shape index (κ1) is 13.7. The van der Waals surface area contributed by atoms with Crippen molar-refractivity contribution in [1.29, 1.82) is 0 Å². The number of sulfone groups is 1. The Morgan fingerprint density at radius 1 is 1.35 bits per heavy atom. The van der Waals surface area contributed by atoms with Crippen LogP contribution in [0.2, 0.25) is 0 Å². The molecule has 0 aliphatic rings. The van der Waals surface area contributed by atoms with Crippen molar-refractivity contribution < 1.29 is 13.2 Å². The molecule has 1 N–H and O–H groups in total. The van der Waals surface area contributed by atoms with Gasteiger partial charge in [-0.05, 0) is 31.0 Å². The number of hydrogen-bond acceptors (Lipinski definition) is 3. The minimum absolute atomic E-state index is 0.0961. The van der Waals surface area contributed by atoms with E-state index in [1.165, 1.54) is 6.07 Å². The monoisotopic (exact) mass is 255 g/mol. The Balaban J connectivity index is 3.03. The number of aryl methyl sites for hydroxylation is 1. The molecular weight excluding hydrogens is 238 g/mol. The maximum absolute atomic E-state index is 11.5. The highest BCUT2D eigenvalue weighted by molar-refractivity contribution is 7.90. The molecule has 1 aromatic carbocycles. The lowest BCUT2D eigenvalue weighted by molar-refractivity contribution is -0.116. The fourth-order valence-electron chi connectivity index (χ4n) is 1.41. The van der Waals surface area contributed by atoms with E-state index in [0.29, 0.717) is 12.1 Å².